The van der Waals surface area contributed by atoms with Crippen molar-refractivity contribution in [2.24, 2.45) is 0 Å². The molecule has 0 N–H and O–H groups in total. The normalized spacial score (nSPS) is 12.9. The Bertz CT molecular complexity index is 299. The molecule has 1 aromatic rings. The molecule has 0 amide bonds. The van der Waals surface area contributed by atoms with Crippen LogP contribution in [-0.4, -0.2) is 13.2 Å². The van der Waals surface area contributed by atoms with Crippen molar-refractivity contribution >= 4 is 73.8 Å². The van der Waals surface area contributed by atoms with Crippen molar-refractivity contribution in [3.8, 4) is 0 Å². The van der Waals surface area contributed by atoms with Gasteiger partial charge in [-0.25, -0.2) is 0 Å². The number of rotatable bonds is 3. The van der Waals surface area contributed by atoms with Crippen LogP contribution in [0.2, 0.25) is 0 Å². The molecular weight excluding hydrogens is 322 g/mol. The molecule has 0 heterocycles. The van der Waals surface area contributed by atoms with Gasteiger partial charge >= 0.3 is 13.2 Å². The van der Waals surface area contributed by atoms with Crippen molar-refractivity contribution < 1.29 is 4.12 Å². The zero-order valence-electron chi connectivity index (χ0n) is 6.68. The first kappa shape index (κ1) is 13.1. The Morgan fingerprint density at radius 1 is 0.857 bits per heavy atom. The molecule has 1 rings (SSSR count). The summed E-state index contributed by atoms with van der Waals surface area (Å²) >= 11 is 28.8. The Balaban J connectivity index is 2.86. The molecule has 0 fully saturated rings. The van der Waals surface area contributed by atoms with Crippen LogP contribution in [0.15, 0.2) is 30.3 Å². The van der Waals surface area contributed by atoms with E-state index < -0.39 is 13.2 Å². The highest BCUT2D eigenvalue weighted by molar-refractivity contribution is 7.65. The van der Waals surface area contributed by atoms with E-state index >= 15 is 0 Å². The van der Waals surface area contributed by atoms with Gasteiger partial charge in [0.1, 0.15) is 0 Å². The van der Waals surface area contributed by atoms with Gasteiger partial charge in [-0.15, -0.1) is 22.2 Å². The lowest BCUT2D eigenvalue weighted by Gasteiger charge is -2.21. The monoisotopic (exact) mass is 324 g/mol. The second kappa shape index (κ2) is 4.93. The molecule has 0 saturated carbocycles. The van der Waals surface area contributed by atoms with Crippen LogP contribution in [0.4, 0.5) is 0 Å². The summed E-state index contributed by atoms with van der Waals surface area (Å²) in [5, 5.41) is 0.669. The zero-order chi connectivity index (χ0) is 10.8. The summed E-state index contributed by atoms with van der Waals surface area (Å²) in [6, 6.07) is 8.93. The van der Waals surface area contributed by atoms with Crippen molar-refractivity contribution in [2.75, 3.05) is 0 Å². The van der Waals surface area contributed by atoms with Gasteiger partial charge in [0.05, 0.1) is 0 Å². The number of benzene rings is 1. The molecule has 0 aliphatic carbocycles. The van der Waals surface area contributed by atoms with Crippen LogP contribution >= 0.6 is 55.4 Å². The zero-order valence-corrected chi connectivity index (χ0v) is 12.5. The van der Waals surface area contributed by atoms with Gasteiger partial charge in [0.25, 0.3) is 0 Å². The fourth-order valence-corrected chi connectivity index (χ4v) is 11.1. The summed E-state index contributed by atoms with van der Waals surface area (Å²) < 4.78 is 5.12. The molecule has 0 atom stereocenters. The van der Waals surface area contributed by atoms with Crippen LogP contribution in [0, 0.1) is 0 Å². The first-order valence-electron chi connectivity index (χ1n) is 3.51. The van der Waals surface area contributed by atoms with Gasteiger partial charge in [-0.1, -0.05) is 63.6 Å². The molecule has 14 heavy (non-hydrogen) atoms. The maximum Gasteiger partial charge on any atom is 0.485 e. The number of hydrogen-bond acceptors (Lipinski definition) is 1. The third-order valence-corrected chi connectivity index (χ3v) is 9.09. The van der Waals surface area contributed by atoms with E-state index in [1.807, 2.05) is 6.07 Å². The second-order valence-electron chi connectivity index (χ2n) is 2.43. The first-order chi connectivity index (χ1) is 6.31. The van der Waals surface area contributed by atoms with Gasteiger partial charge in [-0.05, 0) is 5.19 Å². The Labute approximate surface area is 108 Å². The molecule has 1 nitrogen and oxygen atoms in total. The Morgan fingerprint density at radius 2 is 1.36 bits per heavy atom. The van der Waals surface area contributed by atoms with E-state index in [1.54, 1.807) is 24.3 Å². The topological polar surface area (TPSA) is 9.23 Å². The van der Waals surface area contributed by atoms with E-state index in [9.17, 15) is 0 Å². The van der Waals surface area contributed by atoms with Gasteiger partial charge in [-0.3, -0.25) is 0 Å². The van der Waals surface area contributed by atoms with E-state index in [1.165, 1.54) is 0 Å². The van der Waals surface area contributed by atoms with Crippen molar-refractivity contribution in [1.82, 2.24) is 0 Å². The Morgan fingerprint density at radius 3 is 1.79 bits per heavy atom. The molecule has 0 aliphatic rings. The fraction of sp³-hybridized carbons (Fsp3) is 0. The molecule has 8 heteroatoms. The van der Waals surface area contributed by atoms with E-state index in [4.69, 9.17) is 59.5 Å². The molecule has 78 valence electrons. The summed E-state index contributed by atoms with van der Waals surface area (Å²) in [6.45, 7) is -3.10. The average molecular weight is 327 g/mol. The van der Waals surface area contributed by atoms with Crippen LogP contribution < -0.4 is 5.19 Å². The van der Waals surface area contributed by atoms with Crippen LogP contribution in [0.1, 0.15) is 0 Å². The largest absolute Gasteiger partial charge is 0.485 e. The van der Waals surface area contributed by atoms with Crippen molar-refractivity contribution in [3.05, 3.63) is 30.3 Å². The van der Waals surface area contributed by atoms with Gasteiger partial charge in [0.15, 0.2) is 0 Å². The summed E-state index contributed by atoms with van der Waals surface area (Å²) in [5.41, 5.74) is 0. The van der Waals surface area contributed by atoms with Gasteiger partial charge in [0, 0.05) is 0 Å². The van der Waals surface area contributed by atoms with Crippen LogP contribution in [0.5, 0.6) is 0 Å². The summed E-state index contributed by atoms with van der Waals surface area (Å²) in [6.07, 6.45) is -3.26. The maximum absolute atomic E-state index is 6.01. The van der Waals surface area contributed by atoms with Crippen molar-refractivity contribution in [2.45, 2.75) is 0 Å². The van der Waals surface area contributed by atoms with E-state index in [2.05, 4.69) is 0 Å². The van der Waals surface area contributed by atoms with Gasteiger partial charge in [-0.2, -0.15) is 0 Å². The lowest BCUT2D eigenvalue weighted by atomic mass is 10.4. The van der Waals surface area contributed by atoms with E-state index in [0.29, 0.717) is 5.19 Å². The van der Waals surface area contributed by atoms with Crippen LogP contribution in [-0.2, 0) is 4.12 Å². The second-order valence-corrected chi connectivity index (χ2v) is 16.1. The predicted molar refractivity (Wildman–Crippen MR) is 67.9 cm³/mol. The quantitative estimate of drug-likeness (QED) is 0.610. The first-order valence-corrected chi connectivity index (χ1v) is 12.4. The molecule has 0 bridgehead atoms. The predicted octanol–water partition coefficient (Wildman–Crippen LogP) is 3.48. The Kier molecular flexibility index (Phi) is 4.62. The minimum absolute atomic E-state index is 0.669. The lowest BCUT2D eigenvalue weighted by Crippen LogP contribution is -2.45. The smallest absolute Gasteiger partial charge is 0.396 e. The molecule has 0 saturated heterocycles. The molecule has 0 aliphatic heterocycles. The lowest BCUT2D eigenvalue weighted by molar-refractivity contribution is 0.637. The van der Waals surface area contributed by atoms with Crippen molar-refractivity contribution in [3.63, 3.8) is 0 Å². The minimum Gasteiger partial charge on any atom is -0.396 e. The summed E-state index contributed by atoms with van der Waals surface area (Å²) in [4.78, 5) is 0. The molecule has 0 radical (unpaired) electrons. The third kappa shape index (κ3) is 4.29. The summed E-state index contributed by atoms with van der Waals surface area (Å²) in [7, 11) is 0. The van der Waals surface area contributed by atoms with Gasteiger partial charge < -0.3 is 4.12 Å². The highest BCUT2D eigenvalue weighted by Gasteiger charge is 2.43. The standard InChI is InChI=1S/C6H5Cl5OSi2/c7-13(8,12-14(9,10)11)6-4-2-1-3-5-6/h1-5H. The van der Waals surface area contributed by atoms with E-state index in [-0.39, 0.29) is 0 Å². The Hall–Kier alpha value is 1.06. The minimum atomic E-state index is -3.26. The average Bonchev–Trinajstić information content (AvgIpc) is 2.01. The van der Waals surface area contributed by atoms with Crippen molar-refractivity contribution in [1.29, 1.82) is 0 Å². The molecular formula is C6H5Cl5OSi2. The third-order valence-electron chi connectivity index (χ3n) is 1.35. The molecule has 0 aromatic heterocycles. The fourth-order valence-electron chi connectivity index (χ4n) is 0.836. The van der Waals surface area contributed by atoms with Crippen LogP contribution in [0.25, 0.3) is 0 Å². The van der Waals surface area contributed by atoms with E-state index in [0.717, 1.165) is 0 Å². The highest BCUT2D eigenvalue weighted by atomic mass is 35.8. The molecule has 1 aromatic carbocycles. The van der Waals surface area contributed by atoms with Gasteiger partial charge in [0.2, 0.25) is 0 Å². The summed E-state index contributed by atoms with van der Waals surface area (Å²) in [5.74, 6) is 0. The molecule has 0 unspecified atom stereocenters. The highest BCUT2D eigenvalue weighted by Crippen LogP contribution is 2.29. The SMILES string of the molecule is Cl[Si](Cl)(Cl)O[Si](Cl)(Cl)c1ccccc1. The number of hydrogen-bond donors (Lipinski definition) is 0. The maximum atomic E-state index is 6.01. The molecule has 0 spiro atoms. The number of halogens is 5. The van der Waals surface area contributed by atoms with Crippen LogP contribution in [0.3, 0.4) is 0 Å².